The van der Waals surface area contributed by atoms with Gasteiger partial charge in [-0.15, -0.1) is 18.3 Å². The average molecular weight is 679 g/mol. The second-order valence-corrected chi connectivity index (χ2v) is 13.2. The Morgan fingerprint density at radius 3 is 2.56 bits per heavy atom. The number of amidine groups is 1. The number of alkyl halides is 3. The summed E-state index contributed by atoms with van der Waals surface area (Å²) in [5.41, 5.74) is 6.17. The van der Waals surface area contributed by atoms with Crippen molar-refractivity contribution in [3.63, 3.8) is 0 Å². The molecule has 2 atom stereocenters. The fourth-order valence-electron chi connectivity index (χ4n) is 5.67. The predicted molar refractivity (Wildman–Crippen MR) is 186 cm³/mol. The highest BCUT2D eigenvalue weighted by atomic mass is 32.2. The summed E-state index contributed by atoms with van der Waals surface area (Å²) in [5.74, 6) is 1.14. The third-order valence-electron chi connectivity index (χ3n) is 8.14. The van der Waals surface area contributed by atoms with Crippen LogP contribution in [0.5, 0.6) is 5.75 Å². The van der Waals surface area contributed by atoms with E-state index in [4.69, 9.17) is 0 Å². The van der Waals surface area contributed by atoms with E-state index in [1.165, 1.54) is 46.4 Å². The molecule has 254 valence electrons. The van der Waals surface area contributed by atoms with Crippen molar-refractivity contribution in [1.29, 1.82) is 0 Å². The summed E-state index contributed by atoms with van der Waals surface area (Å²) in [7, 11) is 0. The van der Waals surface area contributed by atoms with Gasteiger partial charge >= 0.3 is 12.4 Å². The van der Waals surface area contributed by atoms with Crippen molar-refractivity contribution in [2.75, 3.05) is 10.7 Å². The summed E-state index contributed by atoms with van der Waals surface area (Å²) < 4.78 is 42.7. The van der Waals surface area contributed by atoms with E-state index in [1.54, 1.807) is 11.8 Å². The summed E-state index contributed by atoms with van der Waals surface area (Å²) in [5, 5.41) is 8.30. The van der Waals surface area contributed by atoms with E-state index >= 15 is 0 Å². The lowest BCUT2D eigenvalue weighted by atomic mass is 10.0. The molecular weight excluding hydrogens is 637 g/mol. The summed E-state index contributed by atoms with van der Waals surface area (Å²) in [6.07, 6.45) is 2.38. The number of aliphatic imine (C=N–C) groups is 1. The lowest BCUT2D eigenvalue weighted by Gasteiger charge is -2.37. The number of carbonyl (C=O) groups excluding carboxylic acids is 1. The van der Waals surface area contributed by atoms with Gasteiger partial charge in [-0.05, 0) is 99.9 Å². The molecule has 12 heteroatoms. The summed E-state index contributed by atoms with van der Waals surface area (Å²) in [4.78, 5) is 24.2. The molecule has 1 N–H and O–H groups in total. The number of nitrogens with one attached hydrogen (secondary N) is 1. The Labute approximate surface area is 283 Å². The van der Waals surface area contributed by atoms with Gasteiger partial charge in [0.15, 0.2) is 11.0 Å². The number of thioether (sulfide) groups is 1. The van der Waals surface area contributed by atoms with Gasteiger partial charge < -0.3 is 15.0 Å². The number of anilines is 1. The Balaban J connectivity index is 1.13. The van der Waals surface area contributed by atoms with E-state index in [0.29, 0.717) is 11.5 Å². The van der Waals surface area contributed by atoms with Crippen LogP contribution in [0.3, 0.4) is 0 Å². The molecule has 8 nitrogen and oxygen atoms in total. The summed E-state index contributed by atoms with van der Waals surface area (Å²) in [6.45, 7) is 8.49. The number of hydrogen-bond donors (Lipinski definition) is 1. The van der Waals surface area contributed by atoms with Gasteiger partial charge in [-0.3, -0.25) is 0 Å². The molecule has 2 heterocycles. The molecule has 0 aliphatic carbocycles. The van der Waals surface area contributed by atoms with Crippen LogP contribution in [0.2, 0.25) is 0 Å². The molecule has 0 spiro atoms. The van der Waals surface area contributed by atoms with Crippen molar-refractivity contribution in [3.8, 4) is 22.8 Å². The Morgan fingerprint density at radius 1 is 1.10 bits per heavy atom. The van der Waals surface area contributed by atoms with Crippen LogP contribution in [-0.4, -0.2) is 50.2 Å². The van der Waals surface area contributed by atoms with Crippen molar-refractivity contribution >= 4 is 28.6 Å². The molecule has 2 amide bonds. The van der Waals surface area contributed by atoms with Crippen LogP contribution < -0.4 is 15.0 Å². The number of hydrogen-bond acceptors (Lipinski definition) is 5. The number of rotatable bonds is 11. The molecule has 3 aromatic carbocycles. The summed E-state index contributed by atoms with van der Waals surface area (Å²) >= 11 is 1.64. The van der Waals surface area contributed by atoms with Crippen LogP contribution >= 0.6 is 11.8 Å². The maximum absolute atomic E-state index is 13.0. The lowest BCUT2D eigenvalue weighted by Crippen LogP contribution is -2.43. The standard InChI is InChI=1S/C36H41F3N6O2S/c1-5-7-28-13-10-24(2)22-32(28)45-26(4)20-21-48-35(45)42-34(46)41-25(3)8-6-9-27-11-14-29(15-12-27)33-40-23-44(43-33)30-16-18-31(19-17-30)47-36(37,38)39/h10-19,22-23,25-26H,5-9,20-21H2,1-4H3,(H,41,46). The van der Waals surface area contributed by atoms with Gasteiger partial charge in [0.2, 0.25) is 0 Å². The monoisotopic (exact) mass is 678 g/mol. The quantitative estimate of drug-likeness (QED) is 0.171. The van der Waals surface area contributed by atoms with E-state index in [1.807, 2.05) is 31.2 Å². The third-order valence-corrected chi connectivity index (χ3v) is 9.13. The lowest BCUT2D eigenvalue weighted by molar-refractivity contribution is -0.274. The van der Waals surface area contributed by atoms with Gasteiger partial charge in [0.05, 0.1) is 5.69 Å². The number of aryl methyl sites for hydroxylation is 3. The number of ether oxygens (including phenoxy) is 1. The average Bonchev–Trinajstić information content (AvgIpc) is 3.53. The number of urea groups is 1. The topological polar surface area (TPSA) is 84.6 Å². The minimum absolute atomic E-state index is 0.0301. The van der Waals surface area contributed by atoms with Crippen molar-refractivity contribution in [1.82, 2.24) is 20.1 Å². The van der Waals surface area contributed by atoms with Crippen LogP contribution in [0.15, 0.2) is 78.0 Å². The largest absolute Gasteiger partial charge is 0.573 e. The number of aromatic nitrogens is 3. The molecule has 48 heavy (non-hydrogen) atoms. The zero-order chi connectivity index (χ0) is 34.3. The van der Waals surface area contributed by atoms with Gasteiger partial charge in [0, 0.05) is 29.1 Å². The number of benzene rings is 3. The Hall–Kier alpha value is -4.32. The normalized spacial score (nSPS) is 16.6. The van der Waals surface area contributed by atoms with Crippen molar-refractivity contribution in [2.45, 2.75) is 84.7 Å². The molecule has 0 radical (unpaired) electrons. The van der Waals surface area contributed by atoms with E-state index < -0.39 is 6.36 Å². The van der Waals surface area contributed by atoms with E-state index in [2.05, 4.69) is 69.0 Å². The number of carbonyl (C=O) groups is 1. The first-order valence-corrected chi connectivity index (χ1v) is 17.3. The van der Waals surface area contributed by atoms with E-state index in [-0.39, 0.29) is 23.9 Å². The van der Waals surface area contributed by atoms with Gasteiger partial charge in [-0.2, -0.15) is 4.99 Å². The molecule has 1 aromatic heterocycles. The molecular formula is C36H41F3N6O2S. The van der Waals surface area contributed by atoms with E-state index in [9.17, 15) is 18.0 Å². The first-order chi connectivity index (χ1) is 23.0. The van der Waals surface area contributed by atoms with Gasteiger partial charge in [-0.25, -0.2) is 14.5 Å². The molecule has 0 bridgehead atoms. The molecule has 2 unspecified atom stereocenters. The van der Waals surface area contributed by atoms with Crippen molar-refractivity contribution in [2.24, 2.45) is 4.99 Å². The maximum atomic E-state index is 13.0. The smallest absolute Gasteiger partial charge is 0.406 e. The fourth-order valence-corrected chi connectivity index (χ4v) is 6.88. The zero-order valence-corrected chi connectivity index (χ0v) is 28.4. The minimum atomic E-state index is -4.74. The molecule has 1 aliphatic rings. The molecule has 1 saturated heterocycles. The molecule has 5 rings (SSSR count). The second kappa shape index (κ2) is 15.7. The van der Waals surface area contributed by atoms with Crippen LogP contribution in [0.1, 0.15) is 63.1 Å². The number of nitrogens with zero attached hydrogens (tertiary/aromatic N) is 5. The molecule has 0 saturated carbocycles. The first-order valence-electron chi connectivity index (χ1n) is 16.3. The Bertz CT molecular complexity index is 1710. The van der Waals surface area contributed by atoms with Crippen molar-refractivity contribution < 1.29 is 22.7 Å². The van der Waals surface area contributed by atoms with E-state index in [0.717, 1.165) is 66.3 Å². The van der Waals surface area contributed by atoms with Crippen LogP contribution in [0, 0.1) is 6.92 Å². The highest BCUT2D eigenvalue weighted by molar-refractivity contribution is 8.14. The zero-order valence-electron chi connectivity index (χ0n) is 27.6. The SMILES string of the molecule is CCCc1ccc(C)cc1N1C(=NC(=O)NC(C)CCCc2ccc(-c3ncn(-c4ccc(OC(F)(F)F)cc4)n3)cc2)SCCC1C. The van der Waals surface area contributed by atoms with Crippen LogP contribution in [-0.2, 0) is 12.8 Å². The first kappa shape index (κ1) is 35.0. The highest BCUT2D eigenvalue weighted by Gasteiger charge is 2.31. The Morgan fingerprint density at radius 2 is 1.85 bits per heavy atom. The molecule has 1 aliphatic heterocycles. The van der Waals surface area contributed by atoms with Crippen molar-refractivity contribution in [3.05, 3.63) is 89.7 Å². The molecule has 1 fully saturated rings. The van der Waals surface area contributed by atoms with Gasteiger partial charge in [-0.1, -0.05) is 61.5 Å². The minimum Gasteiger partial charge on any atom is -0.406 e. The van der Waals surface area contributed by atoms with Gasteiger partial charge in [0.25, 0.3) is 0 Å². The van der Waals surface area contributed by atoms with Crippen LogP contribution in [0.25, 0.3) is 17.1 Å². The third kappa shape index (κ3) is 9.40. The highest BCUT2D eigenvalue weighted by Crippen LogP contribution is 2.33. The predicted octanol–water partition coefficient (Wildman–Crippen LogP) is 8.90. The van der Waals surface area contributed by atoms with Crippen LogP contribution in [0.4, 0.5) is 23.7 Å². The fraction of sp³-hybridized carbons (Fsp3) is 0.389. The summed E-state index contributed by atoms with van der Waals surface area (Å²) in [6, 6.07) is 19.9. The number of amides is 2. The maximum Gasteiger partial charge on any atom is 0.573 e. The van der Waals surface area contributed by atoms with Gasteiger partial charge in [0.1, 0.15) is 12.1 Å². The Kier molecular flexibility index (Phi) is 11.5. The number of halogens is 3. The molecule has 4 aromatic rings. The second-order valence-electron chi connectivity index (χ2n) is 12.1.